The van der Waals surface area contributed by atoms with Crippen molar-refractivity contribution in [2.75, 3.05) is 13.2 Å². The quantitative estimate of drug-likeness (QED) is 0.550. The molecule has 0 aliphatic rings. The van der Waals surface area contributed by atoms with Crippen molar-refractivity contribution in [3.05, 3.63) is 52.3 Å². The number of ether oxygens (including phenoxy) is 3. The smallest absolute Gasteiger partial charge is 0.349 e. The number of hydrogen-bond acceptors (Lipinski definition) is 5. The lowest BCUT2D eigenvalue weighted by Crippen LogP contribution is -2.18. The predicted octanol–water partition coefficient (Wildman–Crippen LogP) is 3.84. The molecule has 124 valence electrons. The molecule has 0 aromatic heterocycles. The van der Waals surface area contributed by atoms with Crippen molar-refractivity contribution in [1.29, 1.82) is 5.26 Å². The molecule has 2 aromatic carbocycles. The van der Waals surface area contributed by atoms with E-state index < -0.39 is 11.8 Å². The second kappa shape index (κ2) is 8.31. The molecule has 2 aromatic rings. The molecule has 0 heterocycles. The van der Waals surface area contributed by atoms with Crippen molar-refractivity contribution in [1.82, 2.24) is 0 Å². The maximum absolute atomic E-state index is 12.8. The van der Waals surface area contributed by atoms with Crippen LogP contribution in [0.15, 0.2) is 40.9 Å². The average molecular weight is 394 g/mol. The van der Waals surface area contributed by atoms with Gasteiger partial charge in [-0.3, -0.25) is 0 Å². The average Bonchev–Trinajstić information content (AvgIpc) is 2.57. The predicted molar refractivity (Wildman–Crippen MR) is 87.6 cm³/mol. The number of nitriles is 1. The molecule has 0 saturated carbocycles. The summed E-state index contributed by atoms with van der Waals surface area (Å²) >= 11 is 3.25. The molecule has 0 fully saturated rings. The van der Waals surface area contributed by atoms with Gasteiger partial charge in [0, 0.05) is 6.07 Å². The van der Waals surface area contributed by atoms with Gasteiger partial charge in [-0.25, -0.2) is 9.18 Å². The van der Waals surface area contributed by atoms with E-state index in [1.807, 2.05) is 6.07 Å². The molecular weight excluding hydrogens is 381 g/mol. The van der Waals surface area contributed by atoms with Crippen LogP contribution >= 0.6 is 15.9 Å². The van der Waals surface area contributed by atoms with Crippen LogP contribution in [-0.2, 0) is 4.79 Å². The highest BCUT2D eigenvalue weighted by molar-refractivity contribution is 9.10. The highest BCUT2D eigenvalue weighted by Gasteiger charge is 2.16. The van der Waals surface area contributed by atoms with Crippen LogP contribution in [0.25, 0.3) is 0 Å². The SMILES string of the molecule is CCOc1cc(C#N)cc(Br)c1OC(=O)COc1ccc(F)cc1. The Morgan fingerprint density at radius 1 is 1.25 bits per heavy atom. The Morgan fingerprint density at radius 3 is 2.58 bits per heavy atom. The van der Waals surface area contributed by atoms with Gasteiger partial charge in [-0.1, -0.05) is 0 Å². The Hall–Kier alpha value is -2.59. The summed E-state index contributed by atoms with van der Waals surface area (Å²) < 4.78 is 29.1. The Morgan fingerprint density at radius 2 is 1.96 bits per heavy atom. The molecule has 0 radical (unpaired) electrons. The van der Waals surface area contributed by atoms with E-state index in [1.54, 1.807) is 6.92 Å². The van der Waals surface area contributed by atoms with Crippen LogP contribution in [0.5, 0.6) is 17.2 Å². The molecule has 0 N–H and O–H groups in total. The molecule has 0 aliphatic heterocycles. The van der Waals surface area contributed by atoms with Crippen molar-refractivity contribution in [2.45, 2.75) is 6.92 Å². The molecule has 0 bridgehead atoms. The number of halogens is 2. The van der Waals surface area contributed by atoms with Crippen molar-refractivity contribution in [3.8, 4) is 23.3 Å². The van der Waals surface area contributed by atoms with Crippen LogP contribution in [0.4, 0.5) is 4.39 Å². The molecule has 0 saturated heterocycles. The van der Waals surface area contributed by atoms with Gasteiger partial charge >= 0.3 is 5.97 Å². The first-order valence-electron chi connectivity index (χ1n) is 6.99. The zero-order valence-corrected chi connectivity index (χ0v) is 14.3. The lowest BCUT2D eigenvalue weighted by atomic mass is 10.2. The first-order valence-corrected chi connectivity index (χ1v) is 7.78. The molecular formula is C17H13BrFNO4. The Kier molecular flexibility index (Phi) is 6.15. The number of rotatable bonds is 6. The molecule has 5 nitrogen and oxygen atoms in total. The van der Waals surface area contributed by atoms with Gasteiger partial charge in [-0.15, -0.1) is 0 Å². The third-order valence-corrected chi connectivity index (χ3v) is 3.41. The van der Waals surface area contributed by atoms with Crippen molar-refractivity contribution in [3.63, 3.8) is 0 Å². The number of benzene rings is 2. The van der Waals surface area contributed by atoms with E-state index >= 15 is 0 Å². The molecule has 0 unspecified atom stereocenters. The molecule has 7 heteroatoms. The van der Waals surface area contributed by atoms with Gasteiger partial charge in [0.1, 0.15) is 11.6 Å². The zero-order chi connectivity index (χ0) is 17.5. The van der Waals surface area contributed by atoms with Crippen LogP contribution in [0.2, 0.25) is 0 Å². The monoisotopic (exact) mass is 393 g/mol. The highest BCUT2D eigenvalue weighted by atomic mass is 79.9. The Balaban J connectivity index is 2.07. The summed E-state index contributed by atoms with van der Waals surface area (Å²) in [5, 5.41) is 8.98. The summed E-state index contributed by atoms with van der Waals surface area (Å²) in [6.07, 6.45) is 0. The Bertz CT molecular complexity index is 771. The van der Waals surface area contributed by atoms with Gasteiger partial charge in [0.05, 0.1) is 22.7 Å². The molecule has 0 atom stereocenters. The number of carbonyl (C=O) groups excluding carboxylic acids is 1. The van der Waals surface area contributed by atoms with E-state index in [-0.39, 0.29) is 18.1 Å². The van der Waals surface area contributed by atoms with E-state index in [2.05, 4.69) is 15.9 Å². The lowest BCUT2D eigenvalue weighted by Gasteiger charge is -2.13. The topological polar surface area (TPSA) is 68.5 Å². The fourth-order valence-electron chi connectivity index (χ4n) is 1.81. The lowest BCUT2D eigenvalue weighted by molar-refractivity contribution is -0.136. The summed E-state index contributed by atoms with van der Waals surface area (Å²) in [4.78, 5) is 12.0. The third-order valence-electron chi connectivity index (χ3n) is 2.82. The van der Waals surface area contributed by atoms with E-state index in [9.17, 15) is 9.18 Å². The highest BCUT2D eigenvalue weighted by Crippen LogP contribution is 2.36. The van der Waals surface area contributed by atoms with Crippen molar-refractivity contribution in [2.24, 2.45) is 0 Å². The van der Waals surface area contributed by atoms with Crippen molar-refractivity contribution >= 4 is 21.9 Å². The third kappa shape index (κ3) is 4.70. The largest absolute Gasteiger partial charge is 0.490 e. The minimum absolute atomic E-state index is 0.170. The second-order valence-corrected chi connectivity index (χ2v) is 5.40. The van der Waals surface area contributed by atoms with E-state index in [0.29, 0.717) is 22.4 Å². The molecule has 2 rings (SSSR count). The molecule has 0 aliphatic carbocycles. The van der Waals surface area contributed by atoms with Gasteiger partial charge in [-0.05, 0) is 53.2 Å². The van der Waals surface area contributed by atoms with Gasteiger partial charge < -0.3 is 14.2 Å². The van der Waals surface area contributed by atoms with E-state index in [4.69, 9.17) is 19.5 Å². The van der Waals surface area contributed by atoms with Crippen molar-refractivity contribution < 1.29 is 23.4 Å². The van der Waals surface area contributed by atoms with Gasteiger partial charge in [-0.2, -0.15) is 5.26 Å². The van der Waals surface area contributed by atoms with E-state index in [0.717, 1.165) is 0 Å². The summed E-state index contributed by atoms with van der Waals surface area (Å²) in [5.41, 5.74) is 0.368. The van der Waals surface area contributed by atoms with Crippen LogP contribution in [0.1, 0.15) is 12.5 Å². The van der Waals surface area contributed by atoms with Crippen LogP contribution in [0.3, 0.4) is 0 Å². The van der Waals surface area contributed by atoms with Gasteiger partial charge in [0.15, 0.2) is 18.1 Å². The summed E-state index contributed by atoms with van der Waals surface area (Å²) in [7, 11) is 0. The van der Waals surface area contributed by atoms with Crippen LogP contribution in [-0.4, -0.2) is 19.2 Å². The maximum Gasteiger partial charge on any atom is 0.349 e. The summed E-state index contributed by atoms with van der Waals surface area (Å²) in [6, 6.07) is 10.3. The molecule has 0 spiro atoms. The summed E-state index contributed by atoms with van der Waals surface area (Å²) in [5.74, 6) is -0.266. The number of carbonyl (C=O) groups is 1. The zero-order valence-electron chi connectivity index (χ0n) is 12.7. The van der Waals surface area contributed by atoms with Gasteiger partial charge in [0.25, 0.3) is 0 Å². The number of hydrogen-bond donors (Lipinski definition) is 0. The summed E-state index contributed by atoms with van der Waals surface area (Å²) in [6.45, 7) is 1.76. The minimum Gasteiger partial charge on any atom is -0.490 e. The van der Waals surface area contributed by atoms with Crippen LogP contribution < -0.4 is 14.2 Å². The Labute approximate surface area is 146 Å². The number of nitrogens with zero attached hydrogens (tertiary/aromatic N) is 1. The first kappa shape index (κ1) is 17.8. The first-order chi connectivity index (χ1) is 11.5. The normalized spacial score (nSPS) is 9.92. The van der Waals surface area contributed by atoms with E-state index in [1.165, 1.54) is 36.4 Å². The van der Waals surface area contributed by atoms with Gasteiger partial charge in [0.2, 0.25) is 0 Å². The number of esters is 1. The van der Waals surface area contributed by atoms with Crippen LogP contribution in [0, 0.1) is 17.1 Å². The molecule has 0 amide bonds. The standard InChI is InChI=1S/C17H13BrFNO4/c1-2-22-15-8-11(9-20)7-14(18)17(15)24-16(21)10-23-13-5-3-12(19)4-6-13/h3-8H,2,10H2,1H3. The fraction of sp³-hybridized carbons (Fsp3) is 0.176. The second-order valence-electron chi connectivity index (χ2n) is 4.55. The molecule has 24 heavy (non-hydrogen) atoms. The minimum atomic E-state index is -0.661. The maximum atomic E-state index is 12.8. The fourth-order valence-corrected chi connectivity index (χ4v) is 2.33.